The first-order valence-corrected chi connectivity index (χ1v) is 10.2. The van der Waals surface area contributed by atoms with Gasteiger partial charge >= 0.3 is 0 Å². The van der Waals surface area contributed by atoms with Crippen LogP contribution in [0.15, 0.2) is 83.0 Å². The molecule has 0 saturated carbocycles. The number of anilines is 1. The smallest absolute Gasteiger partial charge is 0.283 e. The maximum Gasteiger partial charge on any atom is 0.283 e. The number of nitrogens with one attached hydrogen (secondary N) is 1. The molecule has 2 aromatic carbocycles. The van der Waals surface area contributed by atoms with Crippen LogP contribution in [0.2, 0.25) is 0 Å². The topological polar surface area (TPSA) is 90.1 Å². The Balaban J connectivity index is 1.78. The van der Waals surface area contributed by atoms with Gasteiger partial charge in [-0.25, -0.2) is 4.39 Å². The maximum atomic E-state index is 12.6. The van der Waals surface area contributed by atoms with Crippen LogP contribution in [-0.2, 0) is 11.3 Å². The van der Waals surface area contributed by atoms with Gasteiger partial charge in [-0.15, -0.1) is 0 Å². The van der Waals surface area contributed by atoms with Gasteiger partial charge in [0.15, 0.2) is 6.67 Å². The van der Waals surface area contributed by atoms with Crippen molar-refractivity contribution in [3.63, 3.8) is 0 Å². The van der Waals surface area contributed by atoms with E-state index in [4.69, 9.17) is 0 Å². The highest BCUT2D eigenvalue weighted by Gasteiger charge is 2.17. The van der Waals surface area contributed by atoms with E-state index in [9.17, 15) is 19.3 Å². The summed E-state index contributed by atoms with van der Waals surface area (Å²) < 4.78 is 14.6. The third kappa shape index (κ3) is 4.56. The number of carbonyl (C=O) groups excluding carboxylic acids is 1. The molecular formula is C22H17FN4O3S. The third-order valence-electron chi connectivity index (χ3n) is 4.61. The summed E-state index contributed by atoms with van der Waals surface area (Å²) in [6, 6.07) is 15.6. The van der Waals surface area contributed by atoms with Crippen molar-refractivity contribution in [1.82, 2.24) is 9.55 Å². The summed E-state index contributed by atoms with van der Waals surface area (Å²) in [5.74, 6) is -0.723. The molecule has 0 fully saturated rings. The van der Waals surface area contributed by atoms with Gasteiger partial charge in [-0.2, -0.15) is 0 Å². The number of amides is 1. The normalized spacial score (nSPS) is 10.9. The maximum absolute atomic E-state index is 12.6. The summed E-state index contributed by atoms with van der Waals surface area (Å²) in [6.07, 6.45) is 5.37. The van der Waals surface area contributed by atoms with E-state index in [0.717, 1.165) is 21.4 Å². The minimum atomic E-state index is -1.10. The molecule has 0 atom stereocenters. The molecule has 2 aromatic heterocycles. The number of fused-ring (bicyclic) bond motifs is 1. The van der Waals surface area contributed by atoms with E-state index in [1.807, 2.05) is 29.0 Å². The van der Waals surface area contributed by atoms with Gasteiger partial charge in [-0.3, -0.25) is 19.9 Å². The van der Waals surface area contributed by atoms with Gasteiger partial charge in [0.05, 0.1) is 15.3 Å². The minimum absolute atomic E-state index is 0.0347. The molecule has 9 heteroatoms. The fourth-order valence-electron chi connectivity index (χ4n) is 3.24. The van der Waals surface area contributed by atoms with Crippen LogP contribution >= 0.6 is 11.8 Å². The van der Waals surface area contributed by atoms with Crippen molar-refractivity contribution in [3.8, 4) is 0 Å². The number of rotatable bonds is 7. The van der Waals surface area contributed by atoms with Crippen LogP contribution in [-0.4, -0.2) is 27.1 Å². The predicted octanol–water partition coefficient (Wildman–Crippen LogP) is 5.05. The number of carbonyl (C=O) groups is 1. The average molecular weight is 436 g/mol. The number of halogens is 1. The summed E-state index contributed by atoms with van der Waals surface area (Å²) in [5, 5.41) is 14.8. The fourth-order valence-corrected chi connectivity index (χ4v) is 4.34. The summed E-state index contributed by atoms with van der Waals surface area (Å²) in [4.78, 5) is 28.0. The predicted molar refractivity (Wildman–Crippen MR) is 117 cm³/mol. The van der Waals surface area contributed by atoms with Gasteiger partial charge in [0.1, 0.15) is 0 Å². The number of benzene rings is 2. The Labute approximate surface area is 181 Å². The third-order valence-corrected chi connectivity index (χ3v) is 5.72. The number of nitrogens with zero attached hydrogens (tertiary/aromatic N) is 3. The summed E-state index contributed by atoms with van der Waals surface area (Å²) >= 11 is 1.30. The zero-order valence-corrected chi connectivity index (χ0v) is 17.0. The van der Waals surface area contributed by atoms with Crippen LogP contribution in [0.5, 0.6) is 0 Å². The van der Waals surface area contributed by atoms with Gasteiger partial charge in [-0.05, 0) is 35.9 Å². The molecular weight excluding hydrogens is 419 g/mol. The number of pyridine rings is 1. The minimum Gasteiger partial charge on any atom is -0.342 e. The largest absolute Gasteiger partial charge is 0.342 e. The quantitative estimate of drug-likeness (QED) is 0.323. The van der Waals surface area contributed by atoms with Crippen molar-refractivity contribution >= 4 is 39.9 Å². The number of nitro groups is 1. The molecule has 4 rings (SSSR count). The zero-order chi connectivity index (χ0) is 21.8. The lowest BCUT2D eigenvalue weighted by molar-refractivity contribution is -0.387. The SMILES string of the molecule is O=C(CF)Nc1ccc2c(Sc3ccccc3[N+](=O)[O-])cn(Cc3cccnc3)c2c1. The molecule has 1 amide bonds. The molecule has 0 aliphatic rings. The summed E-state index contributed by atoms with van der Waals surface area (Å²) in [5.41, 5.74) is 2.29. The van der Waals surface area contributed by atoms with Gasteiger partial charge in [0.25, 0.3) is 11.6 Å². The number of aromatic nitrogens is 2. The molecule has 156 valence electrons. The van der Waals surface area contributed by atoms with Crippen molar-refractivity contribution in [2.24, 2.45) is 0 Å². The van der Waals surface area contributed by atoms with E-state index in [2.05, 4.69) is 10.3 Å². The van der Waals surface area contributed by atoms with E-state index in [1.165, 1.54) is 17.8 Å². The van der Waals surface area contributed by atoms with Crippen molar-refractivity contribution in [3.05, 3.63) is 88.9 Å². The van der Waals surface area contributed by atoms with Crippen LogP contribution in [0.3, 0.4) is 0 Å². The van der Waals surface area contributed by atoms with Gasteiger partial charge in [0, 0.05) is 47.2 Å². The Hall–Kier alpha value is -3.72. The van der Waals surface area contributed by atoms with E-state index in [1.54, 1.807) is 42.7 Å². The average Bonchev–Trinajstić information content (AvgIpc) is 3.11. The number of hydrogen-bond donors (Lipinski definition) is 1. The highest BCUT2D eigenvalue weighted by molar-refractivity contribution is 7.99. The number of para-hydroxylation sites is 1. The van der Waals surface area contributed by atoms with Crippen LogP contribution < -0.4 is 5.32 Å². The first kappa shape index (κ1) is 20.5. The number of hydrogen-bond acceptors (Lipinski definition) is 5. The molecule has 0 saturated heterocycles. The molecule has 0 spiro atoms. The first-order chi connectivity index (χ1) is 15.0. The van der Waals surface area contributed by atoms with Crippen LogP contribution in [0.4, 0.5) is 15.8 Å². The van der Waals surface area contributed by atoms with Crippen LogP contribution in [0, 0.1) is 10.1 Å². The highest BCUT2D eigenvalue weighted by Crippen LogP contribution is 2.40. The van der Waals surface area contributed by atoms with Gasteiger partial charge < -0.3 is 9.88 Å². The van der Waals surface area contributed by atoms with Crippen molar-refractivity contribution in [1.29, 1.82) is 0 Å². The fraction of sp³-hybridized carbons (Fsp3) is 0.0909. The molecule has 1 N–H and O–H groups in total. The Kier molecular flexibility index (Phi) is 5.94. The second kappa shape index (κ2) is 8.97. The molecule has 0 radical (unpaired) electrons. The number of alkyl halides is 1. The molecule has 0 aliphatic heterocycles. The molecule has 0 bridgehead atoms. The lowest BCUT2D eigenvalue weighted by Gasteiger charge is -2.07. The first-order valence-electron chi connectivity index (χ1n) is 9.34. The molecule has 0 unspecified atom stereocenters. The zero-order valence-electron chi connectivity index (χ0n) is 16.2. The Morgan fingerprint density at radius 2 is 2.00 bits per heavy atom. The van der Waals surface area contributed by atoms with Crippen molar-refractivity contribution in [2.45, 2.75) is 16.3 Å². The number of nitro benzene ring substituents is 1. The summed E-state index contributed by atoms with van der Waals surface area (Å²) in [6.45, 7) is -0.587. The van der Waals surface area contributed by atoms with E-state index in [-0.39, 0.29) is 5.69 Å². The van der Waals surface area contributed by atoms with E-state index >= 15 is 0 Å². The Morgan fingerprint density at radius 1 is 1.16 bits per heavy atom. The van der Waals surface area contributed by atoms with E-state index < -0.39 is 17.5 Å². The monoisotopic (exact) mass is 436 g/mol. The molecule has 7 nitrogen and oxygen atoms in total. The molecule has 4 aromatic rings. The second-order valence-electron chi connectivity index (χ2n) is 6.72. The molecule has 0 aliphatic carbocycles. The Morgan fingerprint density at radius 3 is 2.74 bits per heavy atom. The Bertz CT molecular complexity index is 1260. The van der Waals surface area contributed by atoms with Crippen LogP contribution in [0.1, 0.15) is 5.56 Å². The van der Waals surface area contributed by atoms with Gasteiger partial charge in [-0.1, -0.05) is 30.0 Å². The standard InChI is InChI=1S/C22H17FN4O3S/c23-11-22(28)25-16-7-8-17-19(10-16)26(13-15-4-3-9-24-12-15)14-21(17)31-20-6-2-1-5-18(20)27(29)30/h1-10,12,14H,11,13H2,(H,25,28). The summed E-state index contributed by atoms with van der Waals surface area (Å²) in [7, 11) is 0. The van der Waals surface area contributed by atoms with Crippen LogP contribution in [0.25, 0.3) is 10.9 Å². The lowest BCUT2D eigenvalue weighted by Crippen LogP contribution is -2.13. The second-order valence-corrected chi connectivity index (χ2v) is 7.81. The van der Waals surface area contributed by atoms with Crippen molar-refractivity contribution < 1.29 is 14.1 Å². The molecule has 2 heterocycles. The highest BCUT2D eigenvalue weighted by atomic mass is 32.2. The van der Waals surface area contributed by atoms with Gasteiger partial charge in [0.2, 0.25) is 0 Å². The van der Waals surface area contributed by atoms with E-state index in [0.29, 0.717) is 17.1 Å². The lowest BCUT2D eigenvalue weighted by atomic mass is 10.2. The van der Waals surface area contributed by atoms with Crippen molar-refractivity contribution in [2.75, 3.05) is 12.0 Å². The molecule has 31 heavy (non-hydrogen) atoms.